The maximum Gasteiger partial charge on any atom is 0.337 e. The number of carbonyl (C=O) groups is 1. The number of aromatic carboxylic acids is 1. The monoisotopic (exact) mass is 427 g/mol. The maximum absolute atomic E-state index is 11.7. The molecule has 0 spiro atoms. The van der Waals surface area contributed by atoms with Gasteiger partial charge in [0.2, 0.25) is 0 Å². The number of carboxylic acid groups (broad SMARTS) is 1. The van der Waals surface area contributed by atoms with E-state index in [1.807, 2.05) is 19.1 Å². The number of carboxylic acids is 1. The Hall–Kier alpha value is -3.25. The van der Waals surface area contributed by atoms with Crippen molar-refractivity contribution < 1.29 is 24.1 Å². The normalized spacial score (nSPS) is 10.5. The molecule has 0 aliphatic rings. The fourth-order valence-corrected chi connectivity index (χ4v) is 2.94. The van der Waals surface area contributed by atoms with Crippen LogP contribution in [0.15, 0.2) is 54.6 Å². The number of methoxy groups -OCH3 is 1. The topological polar surface area (TPSA) is 77.9 Å². The van der Waals surface area contributed by atoms with Crippen molar-refractivity contribution in [2.75, 3.05) is 13.7 Å². The Morgan fingerprint density at radius 2 is 1.77 bits per heavy atom. The average molecular weight is 428 g/mol. The molecule has 6 nitrogen and oxygen atoms in total. The number of halogens is 1. The number of benzene rings is 2. The SMILES string of the molecule is CCCOc1cc(OC)ccc1-c1ccc(C(=O)O)c(COc2ccc(Cl)cc2)n1. The Morgan fingerprint density at radius 3 is 2.43 bits per heavy atom. The highest BCUT2D eigenvalue weighted by Crippen LogP contribution is 2.33. The first-order chi connectivity index (χ1) is 14.5. The minimum atomic E-state index is -1.07. The molecule has 1 aromatic heterocycles. The number of rotatable bonds is 9. The summed E-state index contributed by atoms with van der Waals surface area (Å²) in [6.45, 7) is 2.56. The van der Waals surface area contributed by atoms with Crippen molar-refractivity contribution in [3.8, 4) is 28.5 Å². The van der Waals surface area contributed by atoms with E-state index in [9.17, 15) is 9.90 Å². The molecule has 2 aromatic carbocycles. The molecule has 0 aliphatic carbocycles. The zero-order chi connectivity index (χ0) is 21.5. The molecular weight excluding hydrogens is 406 g/mol. The van der Waals surface area contributed by atoms with Gasteiger partial charge in [-0.1, -0.05) is 18.5 Å². The lowest BCUT2D eigenvalue weighted by molar-refractivity contribution is 0.0693. The Morgan fingerprint density at radius 1 is 1.03 bits per heavy atom. The van der Waals surface area contributed by atoms with E-state index in [-0.39, 0.29) is 12.2 Å². The highest BCUT2D eigenvalue weighted by atomic mass is 35.5. The Labute approximate surface area is 180 Å². The third-order valence-electron chi connectivity index (χ3n) is 4.32. The molecule has 0 atom stereocenters. The Kier molecular flexibility index (Phi) is 7.14. The summed E-state index contributed by atoms with van der Waals surface area (Å²) in [5, 5.41) is 10.1. The molecule has 30 heavy (non-hydrogen) atoms. The molecule has 3 aromatic rings. The number of nitrogens with zero attached hydrogens (tertiary/aromatic N) is 1. The molecule has 0 saturated heterocycles. The van der Waals surface area contributed by atoms with Crippen molar-refractivity contribution in [1.29, 1.82) is 0 Å². The van der Waals surface area contributed by atoms with Gasteiger partial charge in [-0.2, -0.15) is 0 Å². The van der Waals surface area contributed by atoms with Gasteiger partial charge in [-0.3, -0.25) is 0 Å². The molecule has 0 saturated carbocycles. The van der Waals surface area contributed by atoms with Gasteiger partial charge in [0.05, 0.1) is 30.7 Å². The van der Waals surface area contributed by atoms with E-state index in [2.05, 4.69) is 4.98 Å². The number of hydrogen-bond donors (Lipinski definition) is 1. The summed E-state index contributed by atoms with van der Waals surface area (Å²) < 4.78 is 16.9. The van der Waals surface area contributed by atoms with Crippen LogP contribution < -0.4 is 14.2 Å². The van der Waals surface area contributed by atoms with Crippen molar-refractivity contribution >= 4 is 17.6 Å². The molecule has 0 radical (unpaired) electrons. The largest absolute Gasteiger partial charge is 0.497 e. The van der Waals surface area contributed by atoms with Crippen molar-refractivity contribution in [2.45, 2.75) is 20.0 Å². The Balaban J connectivity index is 1.95. The van der Waals surface area contributed by atoms with Crippen LogP contribution in [-0.4, -0.2) is 29.8 Å². The molecular formula is C23H22ClNO5. The van der Waals surface area contributed by atoms with Crippen molar-refractivity contribution in [3.05, 3.63) is 70.9 Å². The summed E-state index contributed by atoms with van der Waals surface area (Å²) in [7, 11) is 1.59. The summed E-state index contributed by atoms with van der Waals surface area (Å²) >= 11 is 5.89. The van der Waals surface area contributed by atoms with Crippen LogP contribution >= 0.6 is 11.6 Å². The van der Waals surface area contributed by atoms with Crippen LogP contribution in [0.2, 0.25) is 5.02 Å². The van der Waals surface area contributed by atoms with E-state index in [1.165, 1.54) is 6.07 Å². The molecule has 7 heteroatoms. The van der Waals surface area contributed by atoms with Gasteiger partial charge in [0, 0.05) is 16.7 Å². The summed E-state index contributed by atoms with van der Waals surface area (Å²) in [4.78, 5) is 16.2. The molecule has 0 amide bonds. The van der Waals surface area contributed by atoms with Crippen molar-refractivity contribution in [3.63, 3.8) is 0 Å². The van der Waals surface area contributed by atoms with Gasteiger partial charge < -0.3 is 19.3 Å². The first kappa shape index (κ1) is 21.5. The first-order valence-corrected chi connectivity index (χ1v) is 9.82. The van der Waals surface area contributed by atoms with Gasteiger partial charge >= 0.3 is 5.97 Å². The van der Waals surface area contributed by atoms with Crippen LogP contribution in [0.5, 0.6) is 17.2 Å². The molecule has 1 heterocycles. The minimum Gasteiger partial charge on any atom is -0.497 e. The van der Waals surface area contributed by atoms with Crippen LogP contribution in [-0.2, 0) is 6.61 Å². The molecule has 0 bridgehead atoms. The molecule has 156 valence electrons. The van der Waals surface area contributed by atoms with Crippen LogP contribution in [0, 0.1) is 0 Å². The van der Waals surface area contributed by atoms with Gasteiger partial charge in [-0.15, -0.1) is 0 Å². The summed E-state index contributed by atoms with van der Waals surface area (Å²) in [6, 6.07) is 15.5. The molecule has 3 rings (SSSR count). The number of hydrogen-bond acceptors (Lipinski definition) is 5. The fraction of sp³-hybridized carbons (Fsp3) is 0.217. The summed E-state index contributed by atoms with van der Waals surface area (Å²) in [5.41, 5.74) is 1.72. The van der Waals surface area contributed by atoms with Gasteiger partial charge in [0.25, 0.3) is 0 Å². The predicted octanol–water partition coefficient (Wildman–Crippen LogP) is 5.48. The maximum atomic E-state index is 11.7. The second kappa shape index (κ2) is 9.98. The standard InChI is InChI=1S/C23H22ClNO5/c1-3-12-29-22-13-17(28-2)8-9-18(22)20-11-10-19(23(26)27)21(25-20)14-30-16-6-4-15(24)5-7-16/h4-11,13H,3,12,14H2,1-2H3,(H,26,27). The van der Waals surface area contributed by atoms with E-state index in [1.54, 1.807) is 43.5 Å². The smallest absolute Gasteiger partial charge is 0.337 e. The predicted molar refractivity (Wildman–Crippen MR) is 115 cm³/mol. The van der Waals surface area contributed by atoms with E-state index >= 15 is 0 Å². The summed E-state index contributed by atoms with van der Waals surface area (Å²) in [5.74, 6) is 0.787. The quantitative estimate of drug-likeness (QED) is 0.487. The highest BCUT2D eigenvalue weighted by molar-refractivity contribution is 6.30. The Bertz CT molecular complexity index is 1020. The number of aromatic nitrogens is 1. The van der Waals surface area contributed by atoms with E-state index in [0.29, 0.717) is 40.3 Å². The lowest BCUT2D eigenvalue weighted by Crippen LogP contribution is -2.09. The lowest BCUT2D eigenvalue weighted by atomic mass is 10.1. The lowest BCUT2D eigenvalue weighted by Gasteiger charge is -2.14. The summed E-state index contributed by atoms with van der Waals surface area (Å²) in [6.07, 6.45) is 0.849. The molecule has 0 unspecified atom stereocenters. The molecule has 0 aliphatic heterocycles. The van der Waals surface area contributed by atoms with E-state index in [4.69, 9.17) is 25.8 Å². The van der Waals surface area contributed by atoms with Gasteiger partial charge in [0.15, 0.2) is 0 Å². The molecule has 0 fully saturated rings. The second-order valence-electron chi connectivity index (χ2n) is 6.45. The van der Waals surface area contributed by atoms with E-state index in [0.717, 1.165) is 12.0 Å². The van der Waals surface area contributed by atoms with Gasteiger partial charge in [-0.05, 0) is 55.0 Å². The zero-order valence-corrected chi connectivity index (χ0v) is 17.5. The highest BCUT2D eigenvalue weighted by Gasteiger charge is 2.16. The number of pyridine rings is 1. The van der Waals surface area contributed by atoms with Crippen molar-refractivity contribution in [2.24, 2.45) is 0 Å². The van der Waals surface area contributed by atoms with Gasteiger partial charge in [0.1, 0.15) is 23.9 Å². The minimum absolute atomic E-state index is 0.00158. The second-order valence-corrected chi connectivity index (χ2v) is 6.89. The van der Waals surface area contributed by atoms with Crippen molar-refractivity contribution in [1.82, 2.24) is 4.98 Å². The first-order valence-electron chi connectivity index (χ1n) is 9.44. The van der Waals surface area contributed by atoms with Crippen LogP contribution in [0.4, 0.5) is 0 Å². The average Bonchev–Trinajstić information content (AvgIpc) is 2.76. The third kappa shape index (κ3) is 5.21. The third-order valence-corrected chi connectivity index (χ3v) is 4.57. The van der Waals surface area contributed by atoms with Crippen LogP contribution in [0.3, 0.4) is 0 Å². The van der Waals surface area contributed by atoms with E-state index < -0.39 is 5.97 Å². The molecule has 1 N–H and O–H groups in total. The number of ether oxygens (including phenoxy) is 3. The zero-order valence-electron chi connectivity index (χ0n) is 16.7. The van der Waals surface area contributed by atoms with Crippen LogP contribution in [0.25, 0.3) is 11.3 Å². The van der Waals surface area contributed by atoms with Gasteiger partial charge in [-0.25, -0.2) is 9.78 Å². The fourth-order valence-electron chi connectivity index (χ4n) is 2.81. The van der Waals surface area contributed by atoms with Crippen LogP contribution in [0.1, 0.15) is 29.4 Å².